The second-order valence-electron chi connectivity index (χ2n) is 6.03. The van der Waals surface area contributed by atoms with Crippen LogP contribution in [-0.2, 0) is 5.41 Å². The normalized spacial score (nSPS) is 23.6. The van der Waals surface area contributed by atoms with Crippen molar-refractivity contribution in [1.29, 1.82) is 0 Å². The molecular weight excluding hydrogens is 234 g/mol. The van der Waals surface area contributed by atoms with E-state index in [0.717, 1.165) is 23.1 Å². The number of rotatable bonds is 2. The maximum atomic E-state index is 6.17. The first-order chi connectivity index (χ1) is 7.79. The Kier molecular flexibility index (Phi) is 3.06. The Balaban J connectivity index is 2.33. The quantitative estimate of drug-likeness (QED) is 0.819. The Morgan fingerprint density at radius 3 is 2.35 bits per heavy atom. The summed E-state index contributed by atoms with van der Waals surface area (Å²) in [4.78, 5) is 8.98. The predicted molar refractivity (Wildman–Crippen MR) is 71.7 cm³/mol. The minimum absolute atomic E-state index is 0.0804. The standard InChI is InChI=1S/C13H20ClN3/c1-7-6-9(7)15-11-8(2)10(14)16-12(17-11)13(3,4)5/h7,9H,6H2,1-5H3,(H,15,16,17). The molecule has 0 bridgehead atoms. The highest BCUT2D eigenvalue weighted by Crippen LogP contribution is 2.34. The maximum absolute atomic E-state index is 6.17. The van der Waals surface area contributed by atoms with Crippen LogP contribution >= 0.6 is 11.6 Å². The zero-order valence-corrected chi connectivity index (χ0v) is 11.9. The van der Waals surface area contributed by atoms with Gasteiger partial charge >= 0.3 is 0 Å². The Labute approximate surface area is 108 Å². The summed E-state index contributed by atoms with van der Waals surface area (Å²) in [5.41, 5.74) is 0.863. The molecule has 0 amide bonds. The number of hydrogen-bond acceptors (Lipinski definition) is 3. The van der Waals surface area contributed by atoms with E-state index >= 15 is 0 Å². The molecule has 17 heavy (non-hydrogen) atoms. The highest BCUT2D eigenvalue weighted by atomic mass is 35.5. The van der Waals surface area contributed by atoms with Gasteiger partial charge in [0.2, 0.25) is 0 Å². The molecule has 0 radical (unpaired) electrons. The van der Waals surface area contributed by atoms with Crippen molar-refractivity contribution in [2.24, 2.45) is 5.92 Å². The van der Waals surface area contributed by atoms with Crippen LogP contribution in [0.1, 0.15) is 45.5 Å². The van der Waals surface area contributed by atoms with Crippen molar-refractivity contribution in [3.63, 3.8) is 0 Å². The lowest BCUT2D eigenvalue weighted by molar-refractivity contribution is 0.545. The molecule has 1 fully saturated rings. The lowest BCUT2D eigenvalue weighted by Gasteiger charge is -2.19. The molecule has 1 aromatic heterocycles. The lowest BCUT2D eigenvalue weighted by atomic mass is 9.95. The van der Waals surface area contributed by atoms with E-state index in [1.807, 2.05) is 6.92 Å². The van der Waals surface area contributed by atoms with Crippen molar-refractivity contribution in [1.82, 2.24) is 9.97 Å². The predicted octanol–water partition coefficient (Wildman–Crippen LogP) is 3.56. The summed E-state index contributed by atoms with van der Waals surface area (Å²) in [7, 11) is 0. The molecule has 2 atom stereocenters. The van der Waals surface area contributed by atoms with Gasteiger partial charge in [0.25, 0.3) is 0 Å². The summed E-state index contributed by atoms with van der Waals surface area (Å²) in [5, 5.41) is 4.01. The molecule has 1 aliphatic carbocycles. The number of hydrogen-bond donors (Lipinski definition) is 1. The van der Waals surface area contributed by atoms with Gasteiger partial charge in [0.05, 0.1) is 0 Å². The third-order valence-electron chi connectivity index (χ3n) is 3.19. The first-order valence-electron chi connectivity index (χ1n) is 6.10. The minimum atomic E-state index is -0.0804. The average Bonchev–Trinajstić information content (AvgIpc) is 2.87. The van der Waals surface area contributed by atoms with Gasteiger partial charge in [-0.05, 0) is 19.3 Å². The summed E-state index contributed by atoms with van der Waals surface area (Å²) >= 11 is 6.17. The van der Waals surface area contributed by atoms with E-state index in [1.165, 1.54) is 6.42 Å². The van der Waals surface area contributed by atoms with E-state index in [2.05, 4.69) is 43.0 Å². The van der Waals surface area contributed by atoms with E-state index in [0.29, 0.717) is 11.2 Å². The van der Waals surface area contributed by atoms with Crippen LogP contribution in [-0.4, -0.2) is 16.0 Å². The summed E-state index contributed by atoms with van der Waals surface area (Å²) in [6, 6.07) is 0.549. The number of nitrogens with zero attached hydrogens (tertiary/aromatic N) is 2. The smallest absolute Gasteiger partial charge is 0.137 e. The van der Waals surface area contributed by atoms with Crippen molar-refractivity contribution in [2.75, 3.05) is 5.32 Å². The molecule has 2 unspecified atom stereocenters. The highest BCUT2D eigenvalue weighted by Gasteiger charge is 2.33. The molecule has 3 nitrogen and oxygen atoms in total. The number of aromatic nitrogens is 2. The molecule has 1 heterocycles. The number of anilines is 1. The van der Waals surface area contributed by atoms with Gasteiger partial charge in [0.1, 0.15) is 16.8 Å². The summed E-state index contributed by atoms with van der Waals surface area (Å²) in [6.07, 6.45) is 1.21. The van der Waals surface area contributed by atoms with E-state index < -0.39 is 0 Å². The van der Waals surface area contributed by atoms with Crippen LogP contribution in [0, 0.1) is 12.8 Å². The fourth-order valence-electron chi connectivity index (χ4n) is 1.66. The minimum Gasteiger partial charge on any atom is -0.367 e. The van der Waals surface area contributed by atoms with Crippen molar-refractivity contribution in [2.45, 2.75) is 52.5 Å². The van der Waals surface area contributed by atoms with Crippen molar-refractivity contribution in [3.05, 3.63) is 16.5 Å². The number of nitrogens with one attached hydrogen (secondary N) is 1. The first-order valence-corrected chi connectivity index (χ1v) is 6.48. The summed E-state index contributed by atoms with van der Waals surface area (Å²) in [6.45, 7) is 10.5. The summed E-state index contributed by atoms with van der Waals surface area (Å²) < 4.78 is 0. The third-order valence-corrected chi connectivity index (χ3v) is 3.56. The summed E-state index contributed by atoms with van der Waals surface area (Å²) in [5.74, 6) is 2.43. The van der Waals surface area contributed by atoms with Crippen LogP contribution in [0.15, 0.2) is 0 Å². The molecule has 0 saturated heterocycles. The van der Waals surface area contributed by atoms with Crippen LogP contribution in [0.5, 0.6) is 0 Å². The van der Waals surface area contributed by atoms with Gasteiger partial charge in [-0.3, -0.25) is 0 Å². The highest BCUT2D eigenvalue weighted by molar-refractivity contribution is 6.30. The van der Waals surface area contributed by atoms with E-state index in [1.54, 1.807) is 0 Å². The topological polar surface area (TPSA) is 37.8 Å². The molecule has 0 aliphatic heterocycles. The largest absolute Gasteiger partial charge is 0.367 e. The van der Waals surface area contributed by atoms with Gasteiger partial charge in [-0.25, -0.2) is 9.97 Å². The second-order valence-corrected chi connectivity index (χ2v) is 6.38. The van der Waals surface area contributed by atoms with E-state index in [-0.39, 0.29) is 5.41 Å². The van der Waals surface area contributed by atoms with Gasteiger partial charge in [-0.15, -0.1) is 0 Å². The Hall–Kier alpha value is -0.830. The van der Waals surface area contributed by atoms with Gasteiger partial charge < -0.3 is 5.32 Å². The van der Waals surface area contributed by atoms with Crippen LogP contribution < -0.4 is 5.32 Å². The molecular formula is C13H20ClN3. The van der Waals surface area contributed by atoms with Gasteiger partial charge in [0.15, 0.2) is 0 Å². The molecule has 2 rings (SSSR count). The average molecular weight is 254 g/mol. The Morgan fingerprint density at radius 2 is 1.88 bits per heavy atom. The van der Waals surface area contributed by atoms with Crippen molar-refractivity contribution < 1.29 is 0 Å². The SMILES string of the molecule is Cc1c(Cl)nc(C(C)(C)C)nc1NC1CC1C. The number of halogens is 1. The molecule has 94 valence electrons. The van der Waals surface area contributed by atoms with Gasteiger partial charge in [-0.1, -0.05) is 39.3 Å². The fraction of sp³-hybridized carbons (Fsp3) is 0.692. The van der Waals surface area contributed by atoms with Crippen molar-refractivity contribution in [3.8, 4) is 0 Å². The molecule has 1 saturated carbocycles. The second kappa shape index (κ2) is 4.13. The van der Waals surface area contributed by atoms with Crippen LogP contribution in [0.25, 0.3) is 0 Å². The zero-order valence-electron chi connectivity index (χ0n) is 11.1. The maximum Gasteiger partial charge on any atom is 0.137 e. The van der Waals surface area contributed by atoms with Crippen LogP contribution in [0.3, 0.4) is 0 Å². The molecule has 1 aromatic rings. The molecule has 4 heteroatoms. The molecule has 0 spiro atoms. The van der Waals surface area contributed by atoms with E-state index in [4.69, 9.17) is 11.6 Å². The molecule has 0 aromatic carbocycles. The third kappa shape index (κ3) is 2.71. The molecule has 1 N–H and O–H groups in total. The first kappa shape index (κ1) is 12.6. The lowest BCUT2D eigenvalue weighted by Crippen LogP contribution is -2.19. The van der Waals surface area contributed by atoms with Gasteiger partial charge in [-0.2, -0.15) is 0 Å². The van der Waals surface area contributed by atoms with Gasteiger partial charge in [0, 0.05) is 17.0 Å². The zero-order chi connectivity index (χ0) is 12.8. The molecule has 1 aliphatic rings. The fourth-order valence-corrected chi connectivity index (χ4v) is 1.83. The monoisotopic (exact) mass is 253 g/mol. The Bertz CT molecular complexity index is 437. The van der Waals surface area contributed by atoms with Crippen molar-refractivity contribution >= 4 is 17.4 Å². The van der Waals surface area contributed by atoms with Crippen LogP contribution in [0.2, 0.25) is 5.15 Å². The van der Waals surface area contributed by atoms with Crippen LogP contribution in [0.4, 0.5) is 5.82 Å². The Morgan fingerprint density at radius 1 is 1.29 bits per heavy atom. The van der Waals surface area contributed by atoms with E-state index in [9.17, 15) is 0 Å².